The van der Waals surface area contributed by atoms with Crippen LogP contribution in [0.4, 0.5) is 0 Å². The van der Waals surface area contributed by atoms with Crippen LogP contribution >= 0.6 is 0 Å². The molecule has 1 aliphatic rings. The summed E-state index contributed by atoms with van der Waals surface area (Å²) in [6.07, 6.45) is 1.97. The Morgan fingerprint density at radius 1 is 1.82 bits per heavy atom. The first-order chi connectivity index (χ1) is 5.25. The maximum atomic E-state index is 9.99. The van der Waals surface area contributed by atoms with Crippen molar-refractivity contribution in [2.45, 2.75) is 32.2 Å². The van der Waals surface area contributed by atoms with Crippen LogP contribution in [0.3, 0.4) is 0 Å². The molecule has 0 amide bonds. The summed E-state index contributed by atoms with van der Waals surface area (Å²) in [6, 6.07) is 0. The Balaban J connectivity index is 2.38. The smallest absolute Gasteiger partial charge is 0.294 e. The van der Waals surface area contributed by atoms with Gasteiger partial charge in [0.2, 0.25) is 0 Å². The Bertz CT molecular complexity index is 140. The molecule has 0 radical (unpaired) electrons. The molecule has 0 saturated carbocycles. The van der Waals surface area contributed by atoms with Gasteiger partial charge in [-0.05, 0) is 19.8 Å². The van der Waals surface area contributed by atoms with E-state index in [1.807, 2.05) is 11.8 Å². The molecule has 0 aliphatic carbocycles. The summed E-state index contributed by atoms with van der Waals surface area (Å²) in [7, 11) is 0. The van der Waals surface area contributed by atoms with Gasteiger partial charge in [0.1, 0.15) is 0 Å². The quantitative estimate of drug-likeness (QED) is 0.582. The SMILES string of the molecule is CC(OC=O)N1CCCC1N. The number of likely N-dealkylation sites (tertiary alicyclic amines) is 1. The second-order valence-corrected chi connectivity index (χ2v) is 2.78. The molecule has 11 heavy (non-hydrogen) atoms. The zero-order valence-corrected chi connectivity index (χ0v) is 6.69. The number of rotatable bonds is 3. The zero-order valence-electron chi connectivity index (χ0n) is 6.69. The molecule has 1 aliphatic heterocycles. The molecule has 0 aromatic rings. The van der Waals surface area contributed by atoms with Gasteiger partial charge in [-0.2, -0.15) is 0 Å². The average molecular weight is 158 g/mol. The number of carbonyl (C=O) groups excluding carboxylic acids is 1. The van der Waals surface area contributed by atoms with Gasteiger partial charge in [0.05, 0.1) is 6.17 Å². The Morgan fingerprint density at radius 2 is 2.55 bits per heavy atom. The average Bonchev–Trinajstić information content (AvgIpc) is 2.36. The number of nitrogens with zero attached hydrogens (tertiary/aromatic N) is 1. The summed E-state index contributed by atoms with van der Waals surface area (Å²) < 4.78 is 4.76. The lowest BCUT2D eigenvalue weighted by atomic mass is 10.3. The van der Waals surface area contributed by atoms with E-state index in [1.54, 1.807) is 0 Å². The van der Waals surface area contributed by atoms with E-state index in [1.165, 1.54) is 0 Å². The Morgan fingerprint density at radius 3 is 3.00 bits per heavy atom. The summed E-state index contributed by atoms with van der Waals surface area (Å²) >= 11 is 0. The highest BCUT2D eigenvalue weighted by molar-refractivity contribution is 5.37. The van der Waals surface area contributed by atoms with Gasteiger partial charge in [-0.15, -0.1) is 0 Å². The van der Waals surface area contributed by atoms with Crippen molar-refractivity contribution in [3.63, 3.8) is 0 Å². The summed E-state index contributed by atoms with van der Waals surface area (Å²) in [5.41, 5.74) is 5.74. The lowest BCUT2D eigenvalue weighted by Crippen LogP contribution is -2.43. The summed E-state index contributed by atoms with van der Waals surface area (Å²) in [6.45, 7) is 3.23. The van der Waals surface area contributed by atoms with Gasteiger partial charge in [-0.3, -0.25) is 9.69 Å². The van der Waals surface area contributed by atoms with Gasteiger partial charge in [0, 0.05) is 6.54 Å². The van der Waals surface area contributed by atoms with Gasteiger partial charge in [-0.1, -0.05) is 0 Å². The standard InChI is InChI=1S/C7H14N2O2/c1-6(11-5-10)9-4-2-3-7(9)8/h5-7H,2-4,8H2,1H3. The van der Waals surface area contributed by atoms with Crippen LogP contribution in [-0.4, -0.2) is 30.3 Å². The van der Waals surface area contributed by atoms with E-state index in [4.69, 9.17) is 10.5 Å². The van der Waals surface area contributed by atoms with Crippen LogP contribution in [-0.2, 0) is 9.53 Å². The molecule has 64 valence electrons. The third kappa shape index (κ3) is 1.91. The van der Waals surface area contributed by atoms with Crippen molar-refractivity contribution in [3.05, 3.63) is 0 Å². The van der Waals surface area contributed by atoms with E-state index in [0.29, 0.717) is 6.47 Å². The summed E-state index contributed by atoms with van der Waals surface area (Å²) in [5.74, 6) is 0. The normalized spacial score (nSPS) is 28.4. The molecule has 2 unspecified atom stereocenters. The highest BCUT2D eigenvalue weighted by Crippen LogP contribution is 2.15. The number of hydrogen-bond donors (Lipinski definition) is 1. The summed E-state index contributed by atoms with van der Waals surface area (Å²) in [4.78, 5) is 12.0. The maximum Gasteiger partial charge on any atom is 0.294 e. The minimum Gasteiger partial charge on any atom is -0.449 e. The van der Waals surface area contributed by atoms with Crippen LogP contribution in [0.1, 0.15) is 19.8 Å². The van der Waals surface area contributed by atoms with E-state index in [0.717, 1.165) is 19.4 Å². The number of ether oxygens (including phenoxy) is 1. The highest BCUT2D eigenvalue weighted by Gasteiger charge is 2.25. The molecule has 2 atom stereocenters. The Hall–Kier alpha value is -0.610. The topological polar surface area (TPSA) is 55.6 Å². The maximum absolute atomic E-state index is 9.99. The van der Waals surface area contributed by atoms with Crippen molar-refractivity contribution >= 4 is 6.47 Å². The van der Waals surface area contributed by atoms with E-state index >= 15 is 0 Å². The lowest BCUT2D eigenvalue weighted by molar-refractivity contribution is -0.142. The predicted octanol–water partition coefficient (Wildman–Crippen LogP) is -0.114. The second-order valence-electron chi connectivity index (χ2n) is 2.78. The van der Waals surface area contributed by atoms with Crippen molar-refractivity contribution in [3.8, 4) is 0 Å². The number of carbonyl (C=O) groups is 1. The minimum absolute atomic E-state index is 0.0601. The molecule has 1 heterocycles. The van der Waals surface area contributed by atoms with Crippen molar-refractivity contribution in [1.82, 2.24) is 4.90 Å². The first-order valence-electron chi connectivity index (χ1n) is 3.86. The molecular weight excluding hydrogens is 144 g/mol. The Kier molecular flexibility index (Phi) is 2.84. The molecule has 0 spiro atoms. The largest absolute Gasteiger partial charge is 0.449 e. The molecule has 1 fully saturated rings. The van der Waals surface area contributed by atoms with Crippen molar-refractivity contribution in [2.24, 2.45) is 5.73 Å². The van der Waals surface area contributed by atoms with E-state index in [-0.39, 0.29) is 12.4 Å². The minimum atomic E-state index is -0.176. The van der Waals surface area contributed by atoms with Crippen molar-refractivity contribution < 1.29 is 9.53 Å². The predicted molar refractivity (Wildman–Crippen MR) is 40.5 cm³/mol. The molecule has 1 saturated heterocycles. The van der Waals surface area contributed by atoms with Crippen LogP contribution in [0.25, 0.3) is 0 Å². The van der Waals surface area contributed by atoms with Crippen molar-refractivity contribution in [2.75, 3.05) is 6.54 Å². The first-order valence-corrected chi connectivity index (χ1v) is 3.86. The van der Waals surface area contributed by atoms with E-state index in [9.17, 15) is 4.79 Å². The van der Waals surface area contributed by atoms with Crippen LogP contribution in [0.5, 0.6) is 0 Å². The van der Waals surface area contributed by atoms with Gasteiger partial charge < -0.3 is 10.5 Å². The van der Waals surface area contributed by atoms with Crippen molar-refractivity contribution in [1.29, 1.82) is 0 Å². The van der Waals surface area contributed by atoms with Gasteiger partial charge in [0.15, 0.2) is 6.23 Å². The van der Waals surface area contributed by atoms with Crippen LogP contribution in [0.2, 0.25) is 0 Å². The molecular formula is C7H14N2O2. The fourth-order valence-corrected chi connectivity index (χ4v) is 1.42. The fourth-order valence-electron chi connectivity index (χ4n) is 1.42. The Labute approximate surface area is 66.3 Å². The molecule has 4 heteroatoms. The first kappa shape index (κ1) is 8.49. The van der Waals surface area contributed by atoms with Crippen LogP contribution < -0.4 is 5.73 Å². The van der Waals surface area contributed by atoms with E-state index < -0.39 is 0 Å². The third-order valence-electron chi connectivity index (χ3n) is 2.06. The molecule has 2 N–H and O–H groups in total. The lowest BCUT2D eigenvalue weighted by Gasteiger charge is -2.25. The van der Waals surface area contributed by atoms with E-state index in [2.05, 4.69) is 0 Å². The molecule has 4 nitrogen and oxygen atoms in total. The van der Waals surface area contributed by atoms with Crippen LogP contribution in [0.15, 0.2) is 0 Å². The highest BCUT2D eigenvalue weighted by atomic mass is 16.5. The van der Waals surface area contributed by atoms with Gasteiger partial charge in [0.25, 0.3) is 6.47 Å². The molecule has 1 rings (SSSR count). The monoisotopic (exact) mass is 158 g/mol. The fraction of sp³-hybridized carbons (Fsp3) is 0.857. The number of hydrogen-bond acceptors (Lipinski definition) is 4. The zero-order chi connectivity index (χ0) is 8.27. The summed E-state index contributed by atoms with van der Waals surface area (Å²) in [5, 5.41) is 0. The molecule has 0 bridgehead atoms. The van der Waals surface area contributed by atoms with Gasteiger partial charge >= 0.3 is 0 Å². The van der Waals surface area contributed by atoms with Gasteiger partial charge in [-0.25, -0.2) is 0 Å². The third-order valence-corrected chi connectivity index (χ3v) is 2.06. The van der Waals surface area contributed by atoms with Crippen LogP contribution in [0, 0.1) is 0 Å². The molecule has 0 aromatic heterocycles. The second kappa shape index (κ2) is 3.69. The molecule has 0 aromatic carbocycles. The number of nitrogens with two attached hydrogens (primary N) is 1.